The van der Waals surface area contributed by atoms with Gasteiger partial charge in [-0.25, -0.2) is 9.18 Å². The molecule has 6 nitrogen and oxygen atoms in total. The molecule has 0 fully saturated rings. The molecular weight excluding hydrogens is 361 g/mol. The van der Waals surface area contributed by atoms with E-state index in [2.05, 4.69) is 10.3 Å². The number of carbonyl (C=O) groups is 2. The van der Waals surface area contributed by atoms with E-state index in [0.717, 1.165) is 0 Å². The van der Waals surface area contributed by atoms with Crippen molar-refractivity contribution in [1.82, 2.24) is 4.98 Å². The molecule has 0 unspecified atom stereocenters. The summed E-state index contributed by atoms with van der Waals surface area (Å²) < 4.78 is 18.9. The van der Waals surface area contributed by atoms with Gasteiger partial charge in [0, 0.05) is 29.8 Å². The number of anilines is 2. The highest BCUT2D eigenvalue weighted by Gasteiger charge is 2.17. The summed E-state index contributed by atoms with van der Waals surface area (Å²) in [5.74, 6) is -1.36. The topological polar surface area (TPSA) is 92.1 Å². The smallest absolute Gasteiger partial charge is 0.341 e. The quantitative estimate of drug-likeness (QED) is 0.493. The molecular formula is C21H18FN3O3. The molecule has 28 heavy (non-hydrogen) atoms. The molecule has 0 aliphatic rings. The zero-order chi connectivity index (χ0) is 20.3. The Labute approximate surface area is 160 Å². The van der Waals surface area contributed by atoms with Crippen molar-refractivity contribution < 1.29 is 18.7 Å². The largest absolute Gasteiger partial charge is 0.462 e. The van der Waals surface area contributed by atoms with Gasteiger partial charge in [-0.05, 0) is 37.3 Å². The maximum absolute atomic E-state index is 13.8. The van der Waals surface area contributed by atoms with Crippen molar-refractivity contribution in [2.75, 3.05) is 11.9 Å². The van der Waals surface area contributed by atoms with Gasteiger partial charge in [-0.1, -0.05) is 12.1 Å². The molecule has 3 rings (SSSR count). The van der Waals surface area contributed by atoms with Crippen molar-refractivity contribution in [1.29, 1.82) is 5.41 Å². The Hall–Kier alpha value is -3.61. The molecule has 2 N–H and O–H groups in total. The fraction of sp³-hybridized carbons (Fsp3) is 0.143. The van der Waals surface area contributed by atoms with Crippen LogP contribution in [0.1, 0.15) is 29.8 Å². The van der Waals surface area contributed by atoms with Crippen molar-refractivity contribution in [3.05, 3.63) is 65.6 Å². The van der Waals surface area contributed by atoms with E-state index in [-0.39, 0.29) is 23.7 Å². The first-order chi connectivity index (χ1) is 13.4. The van der Waals surface area contributed by atoms with Crippen molar-refractivity contribution in [3.63, 3.8) is 0 Å². The molecule has 2 aromatic carbocycles. The molecule has 0 radical (unpaired) electrons. The predicted octanol–water partition coefficient (Wildman–Crippen LogP) is 4.25. The number of aromatic nitrogens is 1. The van der Waals surface area contributed by atoms with Crippen LogP contribution in [-0.4, -0.2) is 29.1 Å². The molecule has 0 atom stereocenters. The van der Waals surface area contributed by atoms with E-state index in [9.17, 15) is 14.0 Å². The molecule has 0 saturated heterocycles. The minimum absolute atomic E-state index is 0.0878. The molecule has 0 amide bonds. The van der Waals surface area contributed by atoms with Gasteiger partial charge in [-0.3, -0.25) is 15.2 Å². The number of nitrogens with zero attached hydrogens (tertiary/aromatic N) is 1. The molecule has 142 valence electrons. The lowest BCUT2D eigenvalue weighted by Gasteiger charge is -2.14. The van der Waals surface area contributed by atoms with Gasteiger partial charge >= 0.3 is 5.97 Å². The number of carbonyl (C=O) groups excluding carboxylic acids is 2. The predicted molar refractivity (Wildman–Crippen MR) is 105 cm³/mol. The number of hydrogen-bond acceptors (Lipinski definition) is 6. The first kappa shape index (κ1) is 19.2. The summed E-state index contributed by atoms with van der Waals surface area (Å²) in [7, 11) is 0. The summed E-state index contributed by atoms with van der Waals surface area (Å²) in [5, 5.41) is 11.3. The highest BCUT2D eigenvalue weighted by molar-refractivity contribution is 6.44. The fourth-order valence-electron chi connectivity index (χ4n) is 2.73. The van der Waals surface area contributed by atoms with Crippen molar-refractivity contribution in [2.45, 2.75) is 13.8 Å². The summed E-state index contributed by atoms with van der Waals surface area (Å²) in [5.41, 5.74) is 2.07. The zero-order valence-corrected chi connectivity index (χ0v) is 15.4. The Kier molecular flexibility index (Phi) is 5.44. The monoisotopic (exact) mass is 379 g/mol. The Balaban J connectivity index is 2.06. The minimum atomic E-state index is -0.571. The van der Waals surface area contributed by atoms with E-state index >= 15 is 0 Å². The van der Waals surface area contributed by atoms with Crippen LogP contribution in [0.5, 0.6) is 0 Å². The van der Waals surface area contributed by atoms with Crippen LogP contribution >= 0.6 is 0 Å². The molecule has 3 aromatic rings. The van der Waals surface area contributed by atoms with Crippen molar-refractivity contribution in [2.24, 2.45) is 0 Å². The number of hydrogen-bond donors (Lipinski definition) is 2. The Bertz CT molecular complexity index is 1080. The van der Waals surface area contributed by atoms with Gasteiger partial charge in [-0.2, -0.15) is 0 Å². The van der Waals surface area contributed by atoms with Gasteiger partial charge in [0.2, 0.25) is 0 Å². The van der Waals surface area contributed by atoms with Crippen LogP contribution in [-0.2, 0) is 9.53 Å². The third kappa shape index (κ3) is 3.88. The van der Waals surface area contributed by atoms with Gasteiger partial charge < -0.3 is 10.1 Å². The minimum Gasteiger partial charge on any atom is -0.462 e. The number of rotatable bonds is 6. The number of halogens is 1. The number of fused-ring (bicyclic) bond motifs is 1. The third-order valence-corrected chi connectivity index (χ3v) is 4.12. The second-order valence-corrected chi connectivity index (χ2v) is 6.06. The molecule has 0 aliphatic carbocycles. The number of esters is 1. The van der Waals surface area contributed by atoms with Crippen LogP contribution in [0.15, 0.2) is 48.7 Å². The maximum Gasteiger partial charge on any atom is 0.341 e. The molecule has 1 heterocycles. The van der Waals surface area contributed by atoms with Crippen molar-refractivity contribution in [3.8, 4) is 0 Å². The van der Waals surface area contributed by atoms with Crippen LogP contribution in [0.2, 0.25) is 0 Å². The third-order valence-electron chi connectivity index (χ3n) is 4.12. The lowest BCUT2D eigenvalue weighted by atomic mass is 10.1. The first-order valence-corrected chi connectivity index (χ1v) is 8.63. The van der Waals surface area contributed by atoms with E-state index in [4.69, 9.17) is 10.1 Å². The fourth-order valence-corrected chi connectivity index (χ4v) is 2.73. The number of benzene rings is 2. The van der Waals surface area contributed by atoms with Gasteiger partial charge in [0.25, 0.3) is 0 Å². The molecule has 0 aliphatic heterocycles. The second-order valence-electron chi connectivity index (χ2n) is 6.06. The lowest BCUT2D eigenvalue weighted by molar-refractivity contribution is -0.111. The van der Waals surface area contributed by atoms with Gasteiger partial charge in [0.05, 0.1) is 17.8 Å². The number of pyridine rings is 1. The van der Waals surface area contributed by atoms with Crippen LogP contribution in [0.3, 0.4) is 0 Å². The van der Waals surface area contributed by atoms with Crippen molar-refractivity contribution >= 4 is 39.7 Å². The van der Waals surface area contributed by atoms with Crippen LogP contribution < -0.4 is 5.32 Å². The van der Waals surface area contributed by atoms with Gasteiger partial charge in [0.15, 0.2) is 5.78 Å². The summed E-state index contributed by atoms with van der Waals surface area (Å²) in [4.78, 5) is 27.9. The summed E-state index contributed by atoms with van der Waals surface area (Å²) in [6.45, 7) is 3.22. The van der Waals surface area contributed by atoms with E-state index in [1.807, 2.05) is 0 Å². The molecule has 7 heteroatoms. The van der Waals surface area contributed by atoms with E-state index in [1.54, 1.807) is 31.2 Å². The normalized spacial score (nSPS) is 10.5. The lowest BCUT2D eigenvalue weighted by Crippen LogP contribution is -2.10. The maximum atomic E-state index is 13.8. The average Bonchev–Trinajstić information content (AvgIpc) is 2.68. The second kappa shape index (κ2) is 7.96. The molecule has 0 saturated carbocycles. The van der Waals surface area contributed by atoms with E-state index in [0.29, 0.717) is 27.8 Å². The zero-order valence-electron chi connectivity index (χ0n) is 15.4. The molecule has 0 bridgehead atoms. The summed E-state index contributed by atoms with van der Waals surface area (Å²) in [6.07, 6.45) is 1.39. The SMILES string of the molecule is CCOC(=O)c1cnc2ccc(F)cc2c1Nc1ccc(C(=N)C(C)=O)cc1. The van der Waals surface area contributed by atoms with Gasteiger partial charge in [-0.15, -0.1) is 0 Å². The number of nitrogens with one attached hydrogen (secondary N) is 2. The van der Waals surface area contributed by atoms with E-state index < -0.39 is 11.8 Å². The standard InChI is InChI=1S/C21H18FN3O3/c1-3-28-21(27)17-11-24-18-9-6-14(22)10-16(18)20(17)25-15-7-4-13(5-8-15)19(23)12(2)26/h4-11,23H,3H2,1-2H3,(H,24,25). The number of ether oxygens (including phenoxy) is 1. The number of ketones is 1. The van der Waals surface area contributed by atoms with Crippen LogP contribution in [0.4, 0.5) is 15.8 Å². The van der Waals surface area contributed by atoms with Crippen LogP contribution in [0.25, 0.3) is 10.9 Å². The highest BCUT2D eigenvalue weighted by Crippen LogP contribution is 2.30. The Morgan fingerprint density at radius 1 is 1.18 bits per heavy atom. The highest BCUT2D eigenvalue weighted by atomic mass is 19.1. The van der Waals surface area contributed by atoms with E-state index in [1.165, 1.54) is 31.3 Å². The van der Waals surface area contributed by atoms with Crippen LogP contribution in [0, 0.1) is 11.2 Å². The van der Waals surface area contributed by atoms with Gasteiger partial charge in [0.1, 0.15) is 17.1 Å². The Morgan fingerprint density at radius 2 is 1.89 bits per heavy atom. The Morgan fingerprint density at radius 3 is 2.54 bits per heavy atom. The number of Topliss-reactive ketones (excluding diaryl/α,β-unsaturated/α-hetero) is 1. The summed E-state index contributed by atoms with van der Waals surface area (Å²) in [6, 6.07) is 10.7. The first-order valence-electron chi connectivity index (χ1n) is 8.63. The average molecular weight is 379 g/mol. The molecule has 0 spiro atoms. The summed E-state index contributed by atoms with van der Waals surface area (Å²) >= 11 is 0. The molecule has 1 aromatic heterocycles.